The van der Waals surface area contributed by atoms with Gasteiger partial charge < -0.3 is 0 Å². The molecule has 0 N–H and O–H groups in total. The molecule has 4 rings (SSSR count). The lowest BCUT2D eigenvalue weighted by molar-refractivity contribution is 0.1000. The van der Waals surface area contributed by atoms with Crippen LogP contribution < -0.4 is 0 Å². The molecule has 2 heterocycles. The van der Waals surface area contributed by atoms with E-state index in [1.807, 2.05) is 68.4 Å². The number of carbonyl (C=O) groups excluding carboxylic acids is 1. The van der Waals surface area contributed by atoms with Gasteiger partial charge in [0, 0.05) is 35.4 Å². The standard InChI is InChI=1S/C22H19N3O/c1-14-8-9-17-12-18(24-22(26)19(17)10-14)13-21-23-15(2)11-20(25-21)16-6-4-3-5-7-16/h3-11H,12-13H2,1-2H3. The Balaban J connectivity index is 1.63. The van der Waals surface area contributed by atoms with Crippen LogP contribution in [0.3, 0.4) is 0 Å². The minimum absolute atomic E-state index is 0.166. The van der Waals surface area contributed by atoms with Crippen LogP contribution in [0.1, 0.15) is 33.0 Å². The van der Waals surface area contributed by atoms with Crippen LogP contribution in [0.4, 0.5) is 0 Å². The van der Waals surface area contributed by atoms with Gasteiger partial charge in [-0.05, 0) is 31.5 Å². The van der Waals surface area contributed by atoms with Crippen molar-refractivity contribution in [2.45, 2.75) is 26.7 Å². The van der Waals surface area contributed by atoms with Gasteiger partial charge in [0.05, 0.1) is 5.69 Å². The number of amides is 1. The Hall–Kier alpha value is -3.14. The molecule has 3 aromatic rings. The second kappa shape index (κ2) is 6.64. The number of hydrogen-bond acceptors (Lipinski definition) is 3. The van der Waals surface area contributed by atoms with Crippen molar-refractivity contribution in [3.63, 3.8) is 0 Å². The Morgan fingerprint density at radius 2 is 1.77 bits per heavy atom. The minimum atomic E-state index is -0.166. The molecule has 0 aliphatic carbocycles. The van der Waals surface area contributed by atoms with Gasteiger partial charge in [0.2, 0.25) is 0 Å². The Morgan fingerprint density at radius 3 is 2.58 bits per heavy atom. The molecule has 4 heteroatoms. The number of aliphatic imine (C=N–C) groups is 1. The quantitative estimate of drug-likeness (QED) is 0.719. The van der Waals surface area contributed by atoms with E-state index in [1.54, 1.807) is 0 Å². The molecule has 0 unspecified atom stereocenters. The van der Waals surface area contributed by atoms with E-state index < -0.39 is 0 Å². The zero-order valence-electron chi connectivity index (χ0n) is 14.9. The Labute approximate surface area is 152 Å². The molecule has 1 aliphatic rings. The van der Waals surface area contributed by atoms with E-state index in [0.717, 1.165) is 33.8 Å². The van der Waals surface area contributed by atoms with Gasteiger partial charge in [0.1, 0.15) is 5.82 Å². The van der Waals surface area contributed by atoms with E-state index in [9.17, 15) is 4.79 Å². The number of aryl methyl sites for hydroxylation is 2. The predicted octanol–water partition coefficient (Wildman–Crippen LogP) is 4.14. The average molecular weight is 341 g/mol. The Bertz CT molecular complexity index is 1020. The lowest BCUT2D eigenvalue weighted by Crippen LogP contribution is -2.19. The third-order valence-electron chi connectivity index (χ3n) is 4.48. The molecular formula is C22H19N3O. The summed E-state index contributed by atoms with van der Waals surface area (Å²) in [6.45, 7) is 3.95. The fourth-order valence-corrected chi connectivity index (χ4v) is 3.26. The maximum Gasteiger partial charge on any atom is 0.277 e. The Morgan fingerprint density at radius 1 is 0.962 bits per heavy atom. The van der Waals surface area contributed by atoms with Crippen molar-refractivity contribution in [1.82, 2.24) is 9.97 Å². The van der Waals surface area contributed by atoms with Gasteiger partial charge in [0.25, 0.3) is 5.91 Å². The number of carbonyl (C=O) groups is 1. The van der Waals surface area contributed by atoms with E-state index in [0.29, 0.717) is 24.2 Å². The molecule has 0 bridgehead atoms. The molecule has 0 saturated carbocycles. The van der Waals surface area contributed by atoms with Crippen molar-refractivity contribution < 1.29 is 4.79 Å². The van der Waals surface area contributed by atoms with Crippen LogP contribution in [-0.2, 0) is 12.8 Å². The van der Waals surface area contributed by atoms with Crippen LogP contribution in [0.2, 0.25) is 0 Å². The molecule has 128 valence electrons. The van der Waals surface area contributed by atoms with Gasteiger partial charge >= 0.3 is 0 Å². The third-order valence-corrected chi connectivity index (χ3v) is 4.48. The van der Waals surface area contributed by atoms with Crippen LogP contribution in [0.15, 0.2) is 59.6 Å². The van der Waals surface area contributed by atoms with Gasteiger partial charge in [-0.3, -0.25) is 4.79 Å². The van der Waals surface area contributed by atoms with Crippen molar-refractivity contribution >= 4 is 11.6 Å². The molecule has 1 aliphatic heterocycles. The molecule has 0 radical (unpaired) electrons. The lowest BCUT2D eigenvalue weighted by atomic mass is 9.95. The third kappa shape index (κ3) is 3.31. The average Bonchev–Trinajstić information content (AvgIpc) is 2.63. The summed E-state index contributed by atoms with van der Waals surface area (Å²) < 4.78 is 0. The normalized spacial score (nSPS) is 13.3. The molecule has 0 saturated heterocycles. The highest BCUT2D eigenvalue weighted by molar-refractivity contribution is 6.09. The second-order valence-corrected chi connectivity index (χ2v) is 6.67. The summed E-state index contributed by atoms with van der Waals surface area (Å²) in [5.41, 5.74) is 6.49. The maximum atomic E-state index is 12.4. The summed E-state index contributed by atoms with van der Waals surface area (Å²) in [7, 11) is 0. The van der Waals surface area contributed by atoms with Crippen molar-refractivity contribution in [1.29, 1.82) is 0 Å². The van der Waals surface area contributed by atoms with Gasteiger partial charge in [-0.15, -0.1) is 0 Å². The summed E-state index contributed by atoms with van der Waals surface area (Å²) in [6, 6.07) is 18.0. The highest BCUT2D eigenvalue weighted by atomic mass is 16.1. The first-order valence-corrected chi connectivity index (χ1v) is 8.69. The van der Waals surface area contributed by atoms with Crippen LogP contribution >= 0.6 is 0 Å². The number of fused-ring (bicyclic) bond motifs is 1. The van der Waals surface area contributed by atoms with Crippen molar-refractivity contribution in [2.75, 3.05) is 0 Å². The monoisotopic (exact) mass is 341 g/mol. The van der Waals surface area contributed by atoms with E-state index in [-0.39, 0.29) is 5.91 Å². The molecule has 0 atom stereocenters. The molecule has 26 heavy (non-hydrogen) atoms. The lowest BCUT2D eigenvalue weighted by Gasteiger charge is -2.15. The highest BCUT2D eigenvalue weighted by Gasteiger charge is 2.20. The van der Waals surface area contributed by atoms with Gasteiger partial charge in [-0.25, -0.2) is 15.0 Å². The molecule has 0 fully saturated rings. The summed E-state index contributed by atoms with van der Waals surface area (Å²) in [5, 5.41) is 0. The fourth-order valence-electron chi connectivity index (χ4n) is 3.26. The first-order chi connectivity index (χ1) is 12.6. The van der Waals surface area contributed by atoms with Crippen molar-refractivity contribution in [2.24, 2.45) is 4.99 Å². The molecule has 2 aromatic carbocycles. The SMILES string of the molecule is Cc1ccc2c(c1)C(=O)N=C(Cc1nc(C)cc(-c3ccccc3)n1)C2. The summed E-state index contributed by atoms with van der Waals surface area (Å²) >= 11 is 0. The second-order valence-electron chi connectivity index (χ2n) is 6.67. The van der Waals surface area contributed by atoms with Gasteiger partial charge in [-0.2, -0.15) is 0 Å². The zero-order chi connectivity index (χ0) is 18.1. The van der Waals surface area contributed by atoms with Crippen molar-refractivity contribution in [3.05, 3.63) is 82.8 Å². The summed E-state index contributed by atoms with van der Waals surface area (Å²) in [4.78, 5) is 25.9. The zero-order valence-corrected chi connectivity index (χ0v) is 14.9. The van der Waals surface area contributed by atoms with Crippen LogP contribution in [0.25, 0.3) is 11.3 Å². The number of nitrogens with zero attached hydrogens (tertiary/aromatic N) is 3. The number of rotatable bonds is 3. The minimum Gasteiger partial charge on any atom is -0.267 e. The Kier molecular flexibility index (Phi) is 4.17. The number of benzene rings is 2. The van der Waals surface area contributed by atoms with Crippen LogP contribution in [0, 0.1) is 13.8 Å². The molecule has 1 amide bonds. The van der Waals surface area contributed by atoms with Gasteiger partial charge in [0.15, 0.2) is 0 Å². The maximum absolute atomic E-state index is 12.4. The first-order valence-electron chi connectivity index (χ1n) is 8.69. The topological polar surface area (TPSA) is 55.2 Å². The summed E-state index contributed by atoms with van der Waals surface area (Å²) in [5.74, 6) is 0.534. The molecule has 4 nitrogen and oxygen atoms in total. The molecular weight excluding hydrogens is 322 g/mol. The van der Waals surface area contributed by atoms with E-state index in [4.69, 9.17) is 0 Å². The molecule has 1 aromatic heterocycles. The largest absolute Gasteiger partial charge is 0.277 e. The van der Waals surface area contributed by atoms with Crippen LogP contribution in [0.5, 0.6) is 0 Å². The fraction of sp³-hybridized carbons (Fsp3) is 0.182. The first kappa shape index (κ1) is 16.3. The smallest absolute Gasteiger partial charge is 0.267 e. The number of hydrogen-bond donors (Lipinski definition) is 0. The summed E-state index contributed by atoms with van der Waals surface area (Å²) in [6.07, 6.45) is 1.15. The van der Waals surface area contributed by atoms with E-state index in [1.165, 1.54) is 0 Å². The van der Waals surface area contributed by atoms with E-state index >= 15 is 0 Å². The van der Waals surface area contributed by atoms with E-state index in [2.05, 4.69) is 15.0 Å². The predicted molar refractivity (Wildman–Crippen MR) is 103 cm³/mol. The van der Waals surface area contributed by atoms with Crippen LogP contribution in [-0.4, -0.2) is 21.6 Å². The van der Waals surface area contributed by atoms with Crippen molar-refractivity contribution in [3.8, 4) is 11.3 Å². The highest BCUT2D eigenvalue weighted by Crippen LogP contribution is 2.21. The molecule has 0 spiro atoms. The van der Waals surface area contributed by atoms with Gasteiger partial charge in [-0.1, -0.05) is 48.0 Å². The number of aromatic nitrogens is 2.